The molecule has 0 radical (unpaired) electrons. The lowest BCUT2D eigenvalue weighted by atomic mass is 10.0. The molecule has 0 spiro atoms. The molecule has 18 heavy (non-hydrogen) atoms. The molecule has 0 amide bonds. The highest BCUT2D eigenvalue weighted by atomic mass is 35.5. The van der Waals surface area contributed by atoms with E-state index in [1.165, 1.54) is 0 Å². The highest BCUT2D eigenvalue weighted by Gasteiger charge is 2.13. The second-order valence-corrected chi connectivity index (χ2v) is 4.42. The third kappa shape index (κ3) is 2.64. The molecule has 0 aliphatic rings. The number of hydrogen-bond acceptors (Lipinski definition) is 2. The minimum atomic E-state index is -0.555. The van der Waals surface area contributed by atoms with E-state index in [-0.39, 0.29) is 0 Å². The number of benzene rings is 1. The van der Waals surface area contributed by atoms with Gasteiger partial charge in [-0.05, 0) is 31.5 Å². The zero-order valence-corrected chi connectivity index (χ0v) is 10.9. The largest absolute Gasteiger partial charge is 0.388 e. The summed E-state index contributed by atoms with van der Waals surface area (Å²) in [5.41, 5.74) is 1.58. The third-order valence-electron chi connectivity index (χ3n) is 2.83. The first-order chi connectivity index (χ1) is 8.74. The molecular formula is C15H14ClNO. The van der Waals surface area contributed by atoms with Crippen molar-refractivity contribution < 1.29 is 5.11 Å². The molecule has 92 valence electrons. The maximum atomic E-state index is 10.2. The van der Waals surface area contributed by atoms with Crippen LogP contribution in [0.3, 0.4) is 0 Å². The van der Waals surface area contributed by atoms with Gasteiger partial charge < -0.3 is 5.11 Å². The lowest BCUT2D eigenvalue weighted by Gasteiger charge is -2.12. The highest BCUT2D eigenvalue weighted by Crippen LogP contribution is 2.30. The van der Waals surface area contributed by atoms with E-state index < -0.39 is 6.10 Å². The van der Waals surface area contributed by atoms with Crippen LogP contribution in [0.2, 0.25) is 5.02 Å². The van der Waals surface area contributed by atoms with Crippen LogP contribution < -0.4 is 0 Å². The third-order valence-corrected chi connectivity index (χ3v) is 3.16. The number of hydrogen-bond donors (Lipinski definition) is 1. The molecule has 2 nitrogen and oxygen atoms in total. The summed E-state index contributed by atoms with van der Waals surface area (Å²) in [5.74, 6) is 5.77. The summed E-state index contributed by atoms with van der Waals surface area (Å²) in [5, 5.41) is 11.7. The summed E-state index contributed by atoms with van der Waals surface area (Å²) in [6.45, 7) is 1.80. The Hall–Kier alpha value is -1.56. The summed E-state index contributed by atoms with van der Waals surface area (Å²) < 4.78 is 0. The van der Waals surface area contributed by atoms with Gasteiger partial charge in [-0.15, -0.1) is 11.8 Å². The molecule has 0 fully saturated rings. The van der Waals surface area contributed by atoms with Gasteiger partial charge in [-0.2, -0.15) is 0 Å². The lowest BCUT2D eigenvalue weighted by Crippen LogP contribution is -1.99. The van der Waals surface area contributed by atoms with E-state index in [2.05, 4.69) is 16.8 Å². The molecule has 2 rings (SSSR count). The Morgan fingerprint density at radius 1 is 1.39 bits per heavy atom. The van der Waals surface area contributed by atoms with Crippen LogP contribution in [0.5, 0.6) is 0 Å². The van der Waals surface area contributed by atoms with E-state index in [9.17, 15) is 5.11 Å². The molecule has 0 saturated carbocycles. The Kier molecular flexibility index (Phi) is 4.19. The van der Waals surface area contributed by atoms with Crippen molar-refractivity contribution in [2.75, 3.05) is 0 Å². The van der Waals surface area contributed by atoms with Crippen LogP contribution in [0, 0.1) is 11.8 Å². The molecule has 0 aliphatic heterocycles. The van der Waals surface area contributed by atoms with E-state index in [0.29, 0.717) is 17.9 Å². The molecule has 1 N–H and O–H groups in total. The average molecular weight is 260 g/mol. The molecule has 2 aromatic rings. The first-order valence-electron chi connectivity index (χ1n) is 5.85. The van der Waals surface area contributed by atoms with Gasteiger partial charge in [0.1, 0.15) is 0 Å². The minimum Gasteiger partial charge on any atom is -0.388 e. The fraction of sp³-hybridized carbons (Fsp3) is 0.267. The van der Waals surface area contributed by atoms with Crippen LogP contribution in [0.15, 0.2) is 30.5 Å². The molecule has 0 saturated heterocycles. The standard InChI is InChI=1S/C15H14ClNO/c1-2-3-4-7-14(18)12-8-9-13(16)11-6-5-10-17-15(11)12/h5-6,8-10,14,18H,4,7H2,1H3. The number of aromatic nitrogens is 1. The summed E-state index contributed by atoms with van der Waals surface area (Å²) in [4.78, 5) is 4.31. The van der Waals surface area contributed by atoms with Gasteiger partial charge in [0.05, 0.1) is 11.6 Å². The number of halogens is 1. The van der Waals surface area contributed by atoms with Crippen LogP contribution in [-0.2, 0) is 0 Å². The fourth-order valence-corrected chi connectivity index (χ4v) is 2.13. The summed E-state index contributed by atoms with van der Waals surface area (Å²) in [7, 11) is 0. The predicted molar refractivity (Wildman–Crippen MR) is 74.4 cm³/mol. The Labute approximate surface area is 112 Å². The number of rotatable bonds is 3. The molecule has 3 heteroatoms. The zero-order valence-electron chi connectivity index (χ0n) is 10.2. The van der Waals surface area contributed by atoms with Crippen molar-refractivity contribution in [3.05, 3.63) is 41.0 Å². The maximum Gasteiger partial charge on any atom is 0.0820 e. The number of aliphatic hydroxyl groups excluding tert-OH is 1. The summed E-state index contributed by atoms with van der Waals surface area (Å²) in [6.07, 6.45) is 2.43. The van der Waals surface area contributed by atoms with Gasteiger partial charge in [0.25, 0.3) is 0 Å². The van der Waals surface area contributed by atoms with Gasteiger partial charge in [0.2, 0.25) is 0 Å². The minimum absolute atomic E-state index is 0.555. The SMILES string of the molecule is CC#CCCC(O)c1ccc(Cl)c2cccnc12. The van der Waals surface area contributed by atoms with E-state index >= 15 is 0 Å². The molecule has 1 heterocycles. The monoisotopic (exact) mass is 259 g/mol. The maximum absolute atomic E-state index is 10.2. The zero-order chi connectivity index (χ0) is 13.0. The van der Waals surface area contributed by atoms with Crippen LogP contribution in [-0.4, -0.2) is 10.1 Å². The van der Waals surface area contributed by atoms with Gasteiger partial charge in [-0.1, -0.05) is 17.7 Å². The van der Waals surface area contributed by atoms with Crippen LogP contribution in [0.1, 0.15) is 31.4 Å². The van der Waals surface area contributed by atoms with Crippen molar-refractivity contribution in [3.63, 3.8) is 0 Å². The highest BCUT2D eigenvalue weighted by molar-refractivity contribution is 6.35. The number of nitrogens with zero attached hydrogens (tertiary/aromatic N) is 1. The number of fused-ring (bicyclic) bond motifs is 1. The van der Waals surface area contributed by atoms with Crippen LogP contribution in [0.25, 0.3) is 10.9 Å². The van der Waals surface area contributed by atoms with Crippen LogP contribution >= 0.6 is 11.6 Å². The van der Waals surface area contributed by atoms with Crippen molar-refractivity contribution in [2.24, 2.45) is 0 Å². The van der Waals surface area contributed by atoms with Crippen molar-refractivity contribution in [2.45, 2.75) is 25.9 Å². The normalized spacial score (nSPS) is 11.9. The molecule has 0 aliphatic carbocycles. The first kappa shape index (κ1) is 12.9. The van der Waals surface area contributed by atoms with Crippen molar-refractivity contribution in [1.29, 1.82) is 0 Å². The quantitative estimate of drug-likeness (QED) is 0.852. The molecule has 1 atom stereocenters. The van der Waals surface area contributed by atoms with Crippen LogP contribution in [0.4, 0.5) is 0 Å². The molecule has 1 aromatic carbocycles. The van der Waals surface area contributed by atoms with Gasteiger partial charge in [-0.25, -0.2) is 0 Å². The van der Waals surface area contributed by atoms with E-state index in [0.717, 1.165) is 16.5 Å². The topological polar surface area (TPSA) is 33.1 Å². The smallest absolute Gasteiger partial charge is 0.0820 e. The average Bonchev–Trinajstić information content (AvgIpc) is 2.39. The van der Waals surface area contributed by atoms with E-state index in [4.69, 9.17) is 11.6 Å². The van der Waals surface area contributed by atoms with Gasteiger partial charge in [-0.3, -0.25) is 4.98 Å². The second-order valence-electron chi connectivity index (χ2n) is 4.02. The first-order valence-corrected chi connectivity index (χ1v) is 6.22. The Bertz CT molecular complexity index is 613. The second kappa shape index (κ2) is 5.86. The van der Waals surface area contributed by atoms with E-state index in [1.54, 1.807) is 19.2 Å². The Morgan fingerprint density at radius 3 is 3.00 bits per heavy atom. The van der Waals surface area contributed by atoms with Gasteiger partial charge in [0, 0.05) is 28.6 Å². The fourth-order valence-electron chi connectivity index (χ4n) is 1.92. The number of aliphatic hydroxyl groups is 1. The summed E-state index contributed by atoms with van der Waals surface area (Å²) >= 11 is 6.12. The Morgan fingerprint density at radius 2 is 2.22 bits per heavy atom. The lowest BCUT2D eigenvalue weighted by molar-refractivity contribution is 0.171. The molecule has 0 bridgehead atoms. The van der Waals surface area contributed by atoms with Crippen molar-refractivity contribution >= 4 is 22.5 Å². The molecule has 1 aromatic heterocycles. The molecular weight excluding hydrogens is 246 g/mol. The van der Waals surface area contributed by atoms with Gasteiger partial charge in [0.15, 0.2) is 0 Å². The molecule has 1 unspecified atom stereocenters. The van der Waals surface area contributed by atoms with Crippen molar-refractivity contribution in [1.82, 2.24) is 4.98 Å². The summed E-state index contributed by atoms with van der Waals surface area (Å²) in [6, 6.07) is 7.39. The van der Waals surface area contributed by atoms with Gasteiger partial charge >= 0.3 is 0 Å². The van der Waals surface area contributed by atoms with Crippen molar-refractivity contribution in [3.8, 4) is 11.8 Å². The van der Waals surface area contributed by atoms with E-state index in [1.807, 2.05) is 18.2 Å². The predicted octanol–water partition coefficient (Wildman–Crippen LogP) is 3.73. The number of pyridine rings is 1. The Balaban J connectivity index is 2.38.